The van der Waals surface area contributed by atoms with Crippen molar-refractivity contribution in [2.45, 2.75) is 19.3 Å². The highest BCUT2D eigenvalue weighted by molar-refractivity contribution is 6.19. The molecule has 1 aliphatic carbocycles. The molecule has 0 unspecified atom stereocenters. The minimum absolute atomic E-state index is 0.104. The third kappa shape index (κ3) is 4.50. The molecule has 51 heavy (non-hydrogen) atoms. The summed E-state index contributed by atoms with van der Waals surface area (Å²) in [5.74, 6) is 0. The molecule has 0 N–H and O–H groups in total. The molecule has 1 heterocycles. The second-order valence-electron chi connectivity index (χ2n) is 14.1. The van der Waals surface area contributed by atoms with E-state index in [2.05, 4.69) is 189 Å². The van der Waals surface area contributed by atoms with Crippen molar-refractivity contribution in [3.05, 3.63) is 187 Å². The maximum atomic E-state index is 6.54. The standard InChI is InChI=1S/C49H35NO/c1-49(2)41-21-9-6-19-40(41)47-42(49)22-13-24-44(47)50(43-23-10-7-17-36(43)32-14-4-3-5-15-32)35-29-26-33(27-30-35)37-20-12-16-34-28-31-39-38-18-8-11-25-45(38)51-48(39)46(34)37/h3-31H,1-2H3. The van der Waals surface area contributed by atoms with Crippen LogP contribution in [-0.4, -0.2) is 0 Å². The average molecular weight is 654 g/mol. The van der Waals surface area contributed by atoms with Crippen LogP contribution in [0.1, 0.15) is 25.0 Å². The minimum atomic E-state index is -0.104. The first kappa shape index (κ1) is 29.5. The Kier molecular flexibility index (Phi) is 6.56. The Morgan fingerprint density at radius 3 is 1.96 bits per heavy atom. The molecule has 242 valence electrons. The number of para-hydroxylation sites is 2. The Morgan fingerprint density at radius 2 is 1.10 bits per heavy atom. The second-order valence-corrected chi connectivity index (χ2v) is 14.1. The van der Waals surface area contributed by atoms with Gasteiger partial charge in [-0.25, -0.2) is 0 Å². The summed E-state index contributed by atoms with van der Waals surface area (Å²) in [6.07, 6.45) is 0. The lowest BCUT2D eigenvalue weighted by Crippen LogP contribution is -2.16. The van der Waals surface area contributed by atoms with Crippen molar-refractivity contribution < 1.29 is 4.42 Å². The summed E-state index contributed by atoms with van der Waals surface area (Å²) < 4.78 is 6.54. The first-order chi connectivity index (χ1) is 25.1. The number of furan rings is 1. The van der Waals surface area contributed by atoms with Gasteiger partial charge in [0.2, 0.25) is 0 Å². The Labute approximate surface area is 297 Å². The Bertz CT molecular complexity index is 2770. The van der Waals surface area contributed by atoms with Crippen LogP contribution < -0.4 is 4.90 Å². The van der Waals surface area contributed by atoms with Gasteiger partial charge >= 0.3 is 0 Å². The van der Waals surface area contributed by atoms with Gasteiger partial charge in [-0.15, -0.1) is 0 Å². The fourth-order valence-corrected chi connectivity index (χ4v) is 8.44. The summed E-state index contributed by atoms with van der Waals surface area (Å²) in [6.45, 7) is 4.70. The van der Waals surface area contributed by atoms with E-state index in [-0.39, 0.29) is 5.41 Å². The third-order valence-electron chi connectivity index (χ3n) is 10.9. The molecular weight excluding hydrogens is 619 g/mol. The van der Waals surface area contributed by atoms with Crippen molar-refractivity contribution in [1.29, 1.82) is 0 Å². The molecule has 9 aromatic rings. The molecule has 0 spiro atoms. The van der Waals surface area contributed by atoms with E-state index in [0.29, 0.717) is 0 Å². The Balaban J connectivity index is 1.19. The van der Waals surface area contributed by atoms with Gasteiger partial charge in [-0.3, -0.25) is 0 Å². The Hall–Kier alpha value is -6.38. The fraction of sp³-hybridized carbons (Fsp3) is 0.0612. The van der Waals surface area contributed by atoms with Crippen molar-refractivity contribution in [2.24, 2.45) is 0 Å². The van der Waals surface area contributed by atoms with E-state index >= 15 is 0 Å². The van der Waals surface area contributed by atoms with Crippen molar-refractivity contribution in [3.8, 4) is 33.4 Å². The maximum absolute atomic E-state index is 6.54. The predicted octanol–water partition coefficient (Wildman–Crippen LogP) is 13.8. The van der Waals surface area contributed by atoms with E-state index in [0.717, 1.165) is 49.8 Å². The van der Waals surface area contributed by atoms with Crippen LogP contribution in [0.5, 0.6) is 0 Å². The van der Waals surface area contributed by atoms with Crippen molar-refractivity contribution in [3.63, 3.8) is 0 Å². The number of fused-ring (bicyclic) bond motifs is 8. The van der Waals surface area contributed by atoms with Gasteiger partial charge in [0.05, 0.1) is 11.4 Å². The monoisotopic (exact) mass is 653 g/mol. The van der Waals surface area contributed by atoms with Gasteiger partial charge < -0.3 is 9.32 Å². The van der Waals surface area contributed by atoms with Gasteiger partial charge in [0.1, 0.15) is 11.2 Å². The molecular formula is C49H35NO. The molecule has 0 fully saturated rings. The van der Waals surface area contributed by atoms with Gasteiger partial charge in [0, 0.05) is 38.4 Å². The fourth-order valence-electron chi connectivity index (χ4n) is 8.44. The van der Waals surface area contributed by atoms with Crippen LogP contribution in [0.2, 0.25) is 0 Å². The van der Waals surface area contributed by atoms with Crippen LogP contribution in [0.25, 0.3) is 66.1 Å². The van der Waals surface area contributed by atoms with Gasteiger partial charge in [-0.05, 0) is 75.2 Å². The zero-order valence-corrected chi connectivity index (χ0v) is 28.6. The minimum Gasteiger partial charge on any atom is -0.455 e. The number of benzene rings is 8. The molecule has 1 aromatic heterocycles. The molecule has 0 aliphatic heterocycles. The van der Waals surface area contributed by atoms with Gasteiger partial charge in [-0.2, -0.15) is 0 Å². The van der Waals surface area contributed by atoms with Gasteiger partial charge in [0.25, 0.3) is 0 Å². The van der Waals surface area contributed by atoms with Crippen LogP contribution in [0, 0.1) is 0 Å². The lowest BCUT2D eigenvalue weighted by atomic mass is 9.82. The summed E-state index contributed by atoms with van der Waals surface area (Å²) in [7, 11) is 0. The van der Waals surface area contributed by atoms with E-state index in [1.807, 2.05) is 6.07 Å². The van der Waals surface area contributed by atoms with Crippen molar-refractivity contribution in [2.75, 3.05) is 4.90 Å². The summed E-state index contributed by atoms with van der Waals surface area (Å²) >= 11 is 0. The van der Waals surface area contributed by atoms with Gasteiger partial charge in [0.15, 0.2) is 0 Å². The quantitative estimate of drug-likeness (QED) is 0.184. The maximum Gasteiger partial charge on any atom is 0.143 e. The normalized spacial score (nSPS) is 13.1. The summed E-state index contributed by atoms with van der Waals surface area (Å²) in [5, 5.41) is 4.60. The highest BCUT2D eigenvalue weighted by atomic mass is 16.3. The van der Waals surface area contributed by atoms with Crippen LogP contribution in [0.3, 0.4) is 0 Å². The summed E-state index contributed by atoms with van der Waals surface area (Å²) in [4.78, 5) is 2.46. The zero-order chi connectivity index (χ0) is 34.1. The van der Waals surface area contributed by atoms with Crippen molar-refractivity contribution in [1.82, 2.24) is 0 Å². The molecule has 10 rings (SSSR count). The molecule has 1 aliphatic rings. The van der Waals surface area contributed by atoms with E-state index in [1.165, 1.54) is 44.5 Å². The number of hydrogen-bond acceptors (Lipinski definition) is 2. The van der Waals surface area contributed by atoms with Gasteiger partial charge in [-0.1, -0.05) is 153 Å². The van der Waals surface area contributed by atoms with Crippen LogP contribution in [-0.2, 0) is 5.41 Å². The molecule has 0 saturated carbocycles. The van der Waals surface area contributed by atoms with E-state index in [9.17, 15) is 0 Å². The molecule has 2 nitrogen and oxygen atoms in total. The smallest absolute Gasteiger partial charge is 0.143 e. The highest BCUT2D eigenvalue weighted by Gasteiger charge is 2.37. The molecule has 0 bridgehead atoms. The number of rotatable bonds is 5. The Morgan fingerprint density at radius 1 is 0.451 bits per heavy atom. The van der Waals surface area contributed by atoms with Crippen LogP contribution >= 0.6 is 0 Å². The third-order valence-corrected chi connectivity index (χ3v) is 10.9. The number of anilines is 3. The van der Waals surface area contributed by atoms with Crippen LogP contribution in [0.4, 0.5) is 17.1 Å². The average Bonchev–Trinajstić information content (AvgIpc) is 3.68. The highest BCUT2D eigenvalue weighted by Crippen LogP contribution is 2.55. The molecule has 8 aromatic carbocycles. The SMILES string of the molecule is CC1(C)c2ccccc2-c2c(N(c3ccc(-c4cccc5ccc6c7ccccc7oc6c45)cc3)c3ccccc3-c3ccccc3)cccc21. The van der Waals surface area contributed by atoms with Crippen molar-refractivity contribution >= 4 is 49.8 Å². The molecule has 0 atom stereocenters. The lowest BCUT2D eigenvalue weighted by Gasteiger charge is -2.30. The summed E-state index contributed by atoms with van der Waals surface area (Å²) in [6, 6.07) is 63.6. The zero-order valence-electron chi connectivity index (χ0n) is 28.6. The van der Waals surface area contributed by atoms with E-state index in [1.54, 1.807) is 0 Å². The summed E-state index contributed by atoms with van der Waals surface area (Å²) in [5.41, 5.74) is 15.2. The van der Waals surface area contributed by atoms with E-state index in [4.69, 9.17) is 4.42 Å². The number of hydrogen-bond donors (Lipinski definition) is 0. The largest absolute Gasteiger partial charge is 0.455 e. The molecule has 0 saturated heterocycles. The molecule has 2 heteroatoms. The predicted molar refractivity (Wildman–Crippen MR) is 214 cm³/mol. The first-order valence-electron chi connectivity index (χ1n) is 17.7. The number of nitrogens with zero attached hydrogens (tertiary/aromatic N) is 1. The molecule has 0 radical (unpaired) electrons. The first-order valence-corrected chi connectivity index (χ1v) is 17.7. The molecule has 0 amide bonds. The van der Waals surface area contributed by atoms with Crippen LogP contribution in [0.15, 0.2) is 180 Å². The van der Waals surface area contributed by atoms with E-state index < -0.39 is 0 Å². The second kappa shape index (κ2) is 11.3. The topological polar surface area (TPSA) is 16.4 Å². The lowest BCUT2D eigenvalue weighted by molar-refractivity contribution is 0.660.